The lowest BCUT2D eigenvalue weighted by molar-refractivity contribution is -0.137. The van der Waals surface area contributed by atoms with Crippen LogP contribution in [-0.2, 0) is 6.18 Å². The van der Waals surface area contributed by atoms with Crippen molar-refractivity contribution in [2.75, 3.05) is 0 Å². The quantitative estimate of drug-likeness (QED) is 0.538. The molecular weight excluding hydrogens is 241 g/mol. The number of rotatable bonds is 1. The van der Waals surface area contributed by atoms with Gasteiger partial charge in [0.2, 0.25) is 0 Å². The van der Waals surface area contributed by atoms with E-state index >= 15 is 0 Å². The van der Waals surface area contributed by atoms with Crippen LogP contribution < -0.4 is 0 Å². The largest absolute Gasteiger partial charge is 0.419 e. The Hall–Kier alpha value is -0.910. The molecule has 84 valence electrons. The highest BCUT2D eigenvalue weighted by Crippen LogP contribution is 2.36. The van der Waals surface area contributed by atoms with Crippen molar-refractivity contribution in [3.05, 3.63) is 28.0 Å². The summed E-state index contributed by atoms with van der Waals surface area (Å²) in [4.78, 5) is 3.23. The second-order valence-corrected chi connectivity index (χ2v) is 3.16. The summed E-state index contributed by atoms with van der Waals surface area (Å²) in [5, 5.41) is -0.815. The fourth-order valence-electron chi connectivity index (χ4n) is 1.01. The SMILES string of the molecule is Cc1nc(Cl)c(C(F)(F)F)cc1C(F)F. The average Bonchev–Trinajstić information content (AvgIpc) is 2.00. The Labute approximate surface area is 86.9 Å². The van der Waals surface area contributed by atoms with Gasteiger partial charge in [-0.3, -0.25) is 0 Å². The molecule has 0 spiro atoms. The van der Waals surface area contributed by atoms with E-state index < -0.39 is 28.9 Å². The first-order valence-corrected chi connectivity index (χ1v) is 4.13. The van der Waals surface area contributed by atoms with Crippen molar-refractivity contribution < 1.29 is 22.0 Å². The first-order chi connectivity index (χ1) is 6.73. The van der Waals surface area contributed by atoms with Gasteiger partial charge in [-0.1, -0.05) is 11.6 Å². The lowest BCUT2D eigenvalue weighted by Crippen LogP contribution is -2.09. The molecule has 0 saturated carbocycles. The molecule has 1 heterocycles. The summed E-state index contributed by atoms with van der Waals surface area (Å²) < 4.78 is 61.3. The maximum atomic E-state index is 12.3. The van der Waals surface area contributed by atoms with Crippen LogP contribution in [0, 0.1) is 6.92 Å². The van der Waals surface area contributed by atoms with Gasteiger partial charge in [0.05, 0.1) is 5.56 Å². The van der Waals surface area contributed by atoms with Crippen LogP contribution in [0.15, 0.2) is 6.07 Å². The van der Waals surface area contributed by atoms with Crippen LogP contribution in [-0.4, -0.2) is 4.98 Å². The molecule has 0 radical (unpaired) electrons. The molecule has 1 nitrogen and oxygen atoms in total. The molecule has 7 heteroatoms. The first-order valence-electron chi connectivity index (χ1n) is 3.76. The summed E-state index contributed by atoms with van der Waals surface area (Å²) in [6, 6.07) is 0.329. The standard InChI is InChI=1S/C8H5ClF5N/c1-3-4(7(10)11)2-5(6(9)15-3)8(12,13)14/h2,7H,1H3. The lowest BCUT2D eigenvalue weighted by Gasteiger charge is -2.11. The van der Waals surface area contributed by atoms with E-state index in [0.29, 0.717) is 6.07 Å². The van der Waals surface area contributed by atoms with Gasteiger partial charge >= 0.3 is 6.18 Å². The Morgan fingerprint density at radius 3 is 2.27 bits per heavy atom. The molecule has 0 fully saturated rings. The Balaban J connectivity index is 3.37. The molecule has 0 aliphatic carbocycles. The number of aryl methyl sites for hydroxylation is 1. The predicted molar refractivity (Wildman–Crippen MR) is 43.9 cm³/mol. The van der Waals surface area contributed by atoms with Crippen LogP contribution in [0.25, 0.3) is 0 Å². The van der Waals surface area contributed by atoms with E-state index in [1.54, 1.807) is 0 Å². The normalized spacial score (nSPS) is 12.3. The van der Waals surface area contributed by atoms with Gasteiger partial charge in [-0.05, 0) is 13.0 Å². The molecule has 0 saturated heterocycles. The molecule has 1 aromatic heterocycles. The van der Waals surface area contributed by atoms with Gasteiger partial charge < -0.3 is 0 Å². The molecule has 0 aromatic carbocycles. The van der Waals surface area contributed by atoms with Crippen molar-refractivity contribution >= 4 is 11.6 Å². The second-order valence-electron chi connectivity index (χ2n) is 2.80. The maximum Gasteiger partial charge on any atom is 0.419 e. The van der Waals surface area contributed by atoms with Crippen molar-refractivity contribution in [3.63, 3.8) is 0 Å². The van der Waals surface area contributed by atoms with Crippen LogP contribution in [0.3, 0.4) is 0 Å². The summed E-state index contributed by atoms with van der Waals surface area (Å²) in [7, 11) is 0. The molecule has 0 aliphatic heterocycles. The third-order valence-electron chi connectivity index (χ3n) is 1.75. The molecule has 0 amide bonds. The molecule has 1 aromatic rings. The maximum absolute atomic E-state index is 12.3. The number of aromatic nitrogens is 1. The Kier molecular flexibility index (Phi) is 3.18. The van der Waals surface area contributed by atoms with E-state index in [4.69, 9.17) is 11.6 Å². The van der Waals surface area contributed by atoms with Gasteiger partial charge in [0.1, 0.15) is 5.15 Å². The van der Waals surface area contributed by atoms with Crippen molar-refractivity contribution in [1.29, 1.82) is 0 Å². The Bertz CT molecular complexity index is 374. The number of halogens is 6. The number of pyridine rings is 1. The molecule has 0 unspecified atom stereocenters. The average molecular weight is 246 g/mol. The zero-order chi connectivity index (χ0) is 11.8. The minimum Gasteiger partial charge on any atom is -0.240 e. The molecule has 15 heavy (non-hydrogen) atoms. The van der Waals surface area contributed by atoms with E-state index in [1.807, 2.05) is 0 Å². The van der Waals surface area contributed by atoms with Crippen LogP contribution in [0.2, 0.25) is 5.15 Å². The summed E-state index contributed by atoms with van der Waals surface area (Å²) >= 11 is 5.21. The highest BCUT2D eigenvalue weighted by Gasteiger charge is 2.35. The highest BCUT2D eigenvalue weighted by atomic mass is 35.5. The van der Waals surface area contributed by atoms with Gasteiger partial charge in [-0.15, -0.1) is 0 Å². The van der Waals surface area contributed by atoms with Gasteiger partial charge in [-0.25, -0.2) is 13.8 Å². The fraction of sp³-hybridized carbons (Fsp3) is 0.375. The predicted octanol–water partition coefficient (Wildman–Crippen LogP) is 4.00. The van der Waals surface area contributed by atoms with Gasteiger partial charge in [0.25, 0.3) is 6.43 Å². The molecule has 0 atom stereocenters. The van der Waals surface area contributed by atoms with Gasteiger partial charge in [0.15, 0.2) is 0 Å². The van der Waals surface area contributed by atoms with E-state index in [-0.39, 0.29) is 5.69 Å². The van der Waals surface area contributed by atoms with E-state index in [1.165, 1.54) is 6.92 Å². The van der Waals surface area contributed by atoms with E-state index in [0.717, 1.165) is 0 Å². The highest BCUT2D eigenvalue weighted by molar-refractivity contribution is 6.30. The number of nitrogens with zero attached hydrogens (tertiary/aromatic N) is 1. The molecule has 0 N–H and O–H groups in total. The minimum absolute atomic E-state index is 0.206. The number of hydrogen-bond donors (Lipinski definition) is 0. The van der Waals surface area contributed by atoms with Crippen molar-refractivity contribution in [3.8, 4) is 0 Å². The van der Waals surface area contributed by atoms with Crippen LogP contribution in [0.4, 0.5) is 22.0 Å². The Morgan fingerprint density at radius 1 is 1.33 bits per heavy atom. The number of alkyl halides is 5. The monoisotopic (exact) mass is 245 g/mol. The molecule has 1 rings (SSSR count). The third-order valence-corrected chi connectivity index (χ3v) is 2.03. The molecule has 0 aliphatic rings. The molecular formula is C8H5ClF5N. The third kappa shape index (κ3) is 2.56. The van der Waals surface area contributed by atoms with Gasteiger partial charge in [0, 0.05) is 11.3 Å². The summed E-state index contributed by atoms with van der Waals surface area (Å²) in [6.07, 6.45) is -7.78. The van der Waals surface area contributed by atoms with E-state index in [2.05, 4.69) is 4.98 Å². The second kappa shape index (κ2) is 3.92. The van der Waals surface area contributed by atoms with Crippen molar-refractivity contribution in [2.24, 2.45) is 0 Å². The summed E-state index contributed by atoms with van der Waals surface area (Å²) in [6.45, 7) is 1.17. The van der Waals surface area contributed by atoms with Crippen LogP contribution in [0.1, 0.15) is 23.2 Å². The first kappa shape index (κ1) is 12.2. The summed E-state index contributed by atoms with van der Waals surface area (Å²) in [5.41, 5.74) is -2.31. The van der Waals surface area contributed by atoms with Crippen molar-refractivity contribution in [2.45, 2.75) is 19.5 Å². The van der Waals surface area contributed by atoms with E-state index in [9.17, 15) is 22.0 Å². The smallest absolute Gasteiger partial charge is 0.240 e. The minimum atomic E-state index is -4.78. The topological polar surface area (TPSA) is 12.9 Å². The zero-order valence-electron chi connectivity index (χ0n) is 7.37. The summed E-state index contributed by atoms with van der Waals surface area (Å²) in [5.74, 6) is 0. The fourth-order valence-corrected chi connectivity index (χ4v) is 1.30. The lowest BCUT2D eigenvalue weighted by atomic mass is 10.1. The van der Waals surface area contributed by atoms with Crippen molar-refractivity contribution in [1.82, 2.24) is 4.98 Å². The number of hydrogen-bond acceptors (Lipinski definition) is 1. The zero-order valence-corrected chi connectivity index (χ0v) is 8.13. The van der Waals surface area contributed by atoms with Crippen LogP contribution in [0.5, 0.6) is 0 Å². The van der Waals surface area contributed by atoms with Crippen LogP contribution >= 0.6 is 11.6 Å². The molecule has 0 bridgehead atoms. The van der Waals surface area contributed by atoms with Gasteiger partial charge in [-0.2, -0.15) is 13.2 Å². The Morgan fingerprint density at radius 2 is 1.87 bits per heavy atom.